The number of halogens is 1. The highest BCUT2D eigenvalue weighted by molar-refractivity contribution is 6.30. The highest BCUT2D eigenvalue weighted by Gasteiger charge is 2.21. The van der Waals surface area contributed by atoms with Gasteiger partial charge in [0.1, 0.15) is 19.0 Å². The van der Waals surface area contributed by atoms with Crippen LogP contribution in [0, 0.1) is 0 Å². The molecule has 2 heterocycles. The normalized spacial score (nSPS) is 12.6. The minimum absolute atomic E-state index is 0.267. The van der Waals surface area contributed by atoms with E-state index >= 15 is 0 Å². The van der Waals surface area contributed by atoms with Gasteiger partial charge in [-0.25, -0.2) is 9.78 Å². The second-order valence-corrected chi connectivity index (χ2v) is 9.67. The van der Waals surface area contributed by atoms with E-state index in [9.17, 15) is 9.90 Å². The van der Waals surface area contributed by atoms with Crippen LogP contribution in [0.1, 0.15) is 40.5 Å². The number of carboxylic acid groups (broad SMARTS) is 1. The van der Waals surface area contributed by atoms with Crippen LogP contribution in [0.15, 0.2) is 72.8 Å². The molecule has 0 saturated carbocycles. The Kier molecular flexibility index (Phi) is 7.96. The van der Waals surface area contributed by atoms with Crippen molar-refractivity contribution in [1.82, 2.24) is 14.5 Å². The van der Waals surface area contributed by atoms with Gasteiger partial charge in [0.05, 0.1) is 11.3 Å². The van der Waals surface area contributed by atoms with Gasteiger partial charge in [-0.05, 0) is 41.8 Å². The highest BCUT2D eigenvalue weighted by atomic mass is 35.5. The van der Waals surface area contributed by atoms with E-state index in [2.05, 4.69) is 16.4 Å². The largest absolute Gasteiger partial charge is 0.486 e. The Bertz CT molecular complexity index is 1400. The Balaban J connectivity index is 1.47. The Labute approximate surface area is 227 Å². The minimum atomic E-state index is -0.937. The SMILES string of the molecule is CCCn1c(-c2ccccc2)nc(Cl)c1CN(Cc1ccc(C(=O)O)cc1)Cc1ccc2c(c1)OCCO2. The van der Waals surface area contributed by atoms with Crippen LogP contribution in [0.25, 0.3) is 11.4 Å². The number of benzene rings is 3. The molecule has 0 unspecified atom stereocenters. The van der Waals surface area contributed by atoms with E-state index in [-0.39, 0.29) is 5.56 Å². The molecule has 5 rings (SSSR count). The average Bonchev–Trinajstić information content (AvgIpc) is 3.24. The zero-order valence-electron chi connectivity index (χ0n) is 21.3. The Morgan fingerprint density at radius 1 is 0.947 bits per heavy atom. The summed E-state index contributed by atoms with van der Waals surface area (Å²) in [6.07, 6.45) is 0.943. The smallest absolute Gasteiger partial charge is 0.335 e. The molecule has 0 radical (unpaired) electrons. The van der Waals surface area contributed by atoms with Crippen molar-refractivity contribution in [3.63, 3.8) is 0 Å². The number of carboxylic acids is 1. The summed E-state index contributed by atoms with van der Waals surface area (Å²) in [7, 11) is 0. The molecule has 0 spiro atoms. The minimum Gasteiger partial charge on any atom is -0.486 e. The van der Waals surface area contributed by atoms with Gasteiger partial charge >= 0.3 is 5.97 Å². The van der Waals surface area contributed by atoms with Crippen LogP contribution >= 0.6 is 11.6 Å². The molecule has 38 heavy (non-hydrogen) atoms. The summed E-state index contributed by atoms with van der Waals surface area (Å²) in [6, 6.07) is 23.1. The number of imidazole rings is 1. The van der Waals surface area contributed by atoms with Crippen LogP contribution in [0.2, 0.25) is 5.15 Å². The number of hydrogen-bond donors (Lipinski definition) is 1. The van der Waals surface area contributed by atoms with E-state index in [1.807, 2.05) is 60.7 Å². The van der Waals surface area contributed by atoms with E-state index in [0.29, 0.717) is 38.0 Å². The van der Waals surface area contributed by atoms with Crippen molar-refractivity contribution in [2.24, 2.45) is 0 Å². The molecular formula is C30H30ClN3O4. The van der Waals surface area contributed by atoms with E-state index in [4.69, 9.17) is 26.1 Å². The molecule has 1 aromatic heterocycles. The maximum atomic E-state index is 11.3. The number of rotatable bonds is 10. The first kappa shape index (κ1) is 25.8. The van der Waals surface area contributed by atoms with Crippen LogP contribution < -0.4 is 9.47 Å². The van der Waals surface area contributed by atoms with Crippen LogP contribution in [-0.2, 0) is 26.2 Å². The fourth-order valence-electron chi connectivity index (χ4n) is 4.71. The number of aromatic carboxylic acids is 1. The van der Waals surface area contributed by atoms with Gasteiger partial charge in [0.25, 0.3) is 0 Å². The lowest BCUT2D eigenvalue weighted by Gasteiger charge is -2.25. The van der Waals surface area contributed by atoms with Gasteiger partial charge in [0.2, 0.25) is 0 Å². The van der Waals surface area contributed by atoms with Crippen molar-refractivity contribution in [3.8, 4) is 22.9 Å². The zero-order chi connectivity index (χ0) is 26.5. The van der Waals surface area contributed by atoms with Crippen molar-refractivity contribution in [1.29, 1.82) is 0 Å². The topological polar surface area (TPSA) is 76.8 Å². The van der Waals surface area contributed by atoms with Crippen LogP contribution in [0.3, 0.4) is 0 Å². The third kappa shape index (κ3) is 5.85. The van der Waals surface area contributed by atoms with Crippen LogP contribution in [0.4, 0.5) is 0 Å². The summed E-state index contributed by atoms with van der Waals surface area (Å²) < 4.78 is 13.7. The van der Waals surface area contributed by atoms with Crippen molar-refractivity contribution in [2.45, 2.75) is 39.5 Å². The number of carbonyl (C=O) groups is 1. The molecule has 0 saturated heterocycles. The first-order valence-corrected chi connectivity index (χ1v) is 13.1. The Morgan fingerprint density at radius 2 is 1.63 bits per heavy atom. The molecule has 196 valence electrons. The summed E-state index contributed by atoms with van der Waals surface area (Å²) >= 11 is 6.78. The molecular weight excluding hydrogens is 502 g/mol. The predicted molar refractivity (Wildman–Crippen MR) is 147 cm³/mol. The fraction of sp³-hybridized carbons (Fsp3) is 0.267. The molecule has 0 bridgehead atoms. The van der Waals surface area contributed by atoms with Gasteiger partial charge in [0, 0.05) is 31.7 Å². The van der Waals surface area contributed by atoms with Crippen molar-refractivity contribution in [3.05, 3.63) is 100 Å². The van der Waals surface area contributed by atoms with E-state index < -0.39 is 5.97 Å². The van der Waals surface area contributed by atoms with E-state index in [1.54, 1.807) is 12.1 Å². The van der Waals surface area contributed by atoms with E-state index in [1.165, 1.54) is 0 Å². The van der Waals surface area contributed by atoms with Gasteiger partial charge in [0.15, 0.2) is 16.7 Å². The number of hydrogen-bond acceptors (Lipinski definition) is 5. The molecule has 0 amide bonds. The van der Waals surface area contributed by atoms with Crippen molar-refractivity contribution >= 4 is 17.6 Å². The fourth-order valence-corrected chi connectivity index (χ4v) is 4.96. The van der Waals surface area contributed by atoms with Crippen LogP contribution in [-0.4, -0.2) is 38.7 Å². The Morgan fingerprint density at radius 3 is 2.34 bits per heavy atom. The standard InChI is InChI=1S/C30H30ClN3O4/c1-2-14-34-25(28(31)32-29(34)23-6-4-3-5-7-23)20-33(18-21-8-11-24(12-9-21)30(35)36)19-22-10-13-26-27(17-22)38-16-15-37-26/h3-13,17H,2,14-16,18-20H2,1H3,(H,35,36). The maximum absolute atomic E-state index is 11.3. The van der Waals surface area contributed by atoms with Gasteiger partial charge in [-0.2, -0.15) is 0 Å². The summed E-state index contributed by atoms with van der Waals surface area (Å²) in [5.74, 6) is 1.43. The van der Waals surface area contributed by atoms with Gasteiger partial charge in [-0.1, -0.05) is 67.1 Å². The van der Waals surface area contributed by atoms with Crippen molar-refractivity contribution in [2.75, 3.05) is 13.2 Å². The number of ether oxygens (including phenoxy) is 2. The van der Waals surface area contributed by atoms with Crippen molar-refractivity contribution < 1.29 is 19.4 Å². The predicted octanol–water partition coefficient (Wildman–Crippen LogP) is 6.29. The molecule has 0 atom stereocenters. The van der Waals surface area contributed by atoms with Crippen LogP contribution in [0.5, 0.6) is 11.5 Å². The maximum Gasteiger partial charge on any atom is 0.335 e. The van der Waals surface area contributed by atoms with Gasteiger partial charge in [-0.15, -0.1) is 0 Å². The lowest BCUT2D eigenvalue weighted by atomic mass is 10.1. The highest BCUT2D eigenvalue weighted by Crippen LogP contribution is 2.32. The van der Waals surface area contributed by atoms with Gasteiger partial charge < -0.3 is 19.1 Å². The molecule has 4 aromatic rings. The Hall–Kier alpha value is -3.81. The molecule has 1 N–H and O–H groups in total. The van der Waals surface area contributed by atoms with E-state index in [0.717, 1.165) is 52.7 Å². The molecule has 1 aliphatic rings. The number of aromatic nitrogens is 2. The first-order valence-electron chi connectivity index (χ1n) is 12.7. The summed E-state index contributed by atoms with van der Waals surface area (Å²) in [5, 5.41) is 9.79. The van der Waals surface area contributed by atoms with Gasteiger partial charge in [-0.3, -0.25) is 4.90 Å². The zero-order valence-corrected chi connectivity index (χ0v) is 22.0. The summed E-state index contributed by atoms with van der Waals surface area (Å²) in [6.45, 7) is 5.81. The molecule has 8 heteroatoms. The lowest BCUT2D eigenvalue weighted by Crippen LogP contribution is -2.24. The average molecular weight is 532 g/mol. The molecule has 7 nitrogen and oxygen atoms in total. The lowest BCUT2D eigenvalue weighted by molar-refractivity contribution is 0.0697. The molecule has 0 fully saturated rings. The third-order valence-corrected chi connectivity index (χ3v) is 6.80. The number of nitrogens with zero attached hydrogens (tertiary/aromatic N) is 3. The first-order chi connectivity index (χ1) is 18.5. The molecule has 3 aromatic carbocycles. The second-order valence-electron chi connectivity index (χ2n) is 9.32. The third-order valence-electron chi connectivity index (χ3n) is 6.50. The second kappa shape index (κ2) is 11.7. The molecule has 0 aliphatic carbocycles. The monoisotopic (exact) mass is 531 g/mol. The number of fused-ring (bicyclic) bond motifs is 1. The summed E-state index contributed by atoms with van der Waals surface area (Å²) in [5.41, 5.74) is 4.33. The summed E-state index contributed by atoms with van der Waals surface area (Å²) in [4.78, 5) is 18.4. The molecule has 1 aliphatic heterocycles. The quantitative estimate of drug-likeness (QED) is 0.259.